The lowest BCUT2D eigenvalue weighted by Gasteiger charge is -2.29. The van der Waals surface area contributed by atoms with Gasteiger partial charge in [0, 0.05) is 30.3 Å². The van der Waals surface area contributed by atoms with Crippen LogP contribution in [0.25, 0.3) is 5.69 Å². The maximum Gasteiger partial charge on any atom is 0.335 e. The number of hydrogen-bond acceptors (Lipinski definition) is 4. The van der Waals surface area contributed by atoms with E-state index in [1.807, 2.05) is 66.9 Å². The van der Waals surface area contributed by atoms with Gasteiger partial charge in [0.1, 0.15) is 5.75 Å². The largest absolute Gasteiger partial charge is 0.497 e. The van der Waals surface area contributed by atoms with Crippen LogP contribution in [-0.2, 0) is 6.54 Å². The molecule has 2 N–H and O–H groups in total. The molecule has 7 nitrogen and oxygen atoms in total. The Labute approximate surface area is 208 Å². The lowest BCUT2D eigenvalue weighted by Crippen LogP contribution is -2.30. The highest BCUT2D eigenvalue weighted by Crippen LogP contribution is 2.40. The van der Waals surface area contributed by atoms with E-state index in [2.05, 4.69) is 25.8 Å². The van der Waals surface area contributed by atoms with E-state index in [-0.39, 0.29) is 17.6 Å². The number of nitrogens with one attached hydrogen (secondary N) is 1. The third-order valence-corrected chi connectivity index (χ3v) is 6.54. The van der Waals surface area contributed by atoms with Crippen LogP contribution in [0, 0.1) is 0 Å². The van der Waals surface area contributed by atoms with Gasteiger partial charge in [0.05, 0.1) is 30.5 Å². The van der Waals surface area contributed by atoms with Crippen molar-refractivity contribution in [2.75, 3.05) is 7.11 Å². The highest BCUT2D eigenvalue weighted by Gasteiger charge is 2.41. The van der Waals surface area contributed by atoms with Gasteiger partial charge in [0.15, 0.2) is 5.11 Å². The first-order chi connectivity index (χ1) is 17.0. The Morgan fingerprint density at radius 1 is 1.06 bits per heavy atom. The summed E-state index contributed by atoms with van der Waals surface area (Å²) < 4.78 is 7.38. The van der Waals surface area contributed by atoms with E-state index in [9.17, 15) is 9.90 Å². The predicted molar refractivity (Wildman–Crippen MR) is 137 cm³/mol. The number of benzene rings is 2. The van der Waals surface area contributed by atoms with E-state index < -0.39 is 5.97 Å². The monoisotopic (exact) mass is 484 g/mol. The molecule has 4 aromatic rings. The average molecular weight is 485 g/mol. The van der Waals surface area contributed by atoms with E-state index >= 15 is 0 Å². The molecule has 2 atom stereocenters. The molecule has 0 aliphatic carbocycles. The number of carboxylic acid groups (broad SMARTS) is 1. The van der Waals surface area contributed by atoms with Gasteiger partial charge in [0.25, 0.3) is 0 Å². The van der Waals surface area contributed by atoms with Gasteiger partial charge >= 0.3 is 5.97 Å². The molecule has 0 saturated carbocycles. The maximum absolute atomic E-state index is 11.3. The molecule has 0 amide bonds. The van der Waals surface area contributed by atoms with Crippen molar-refractivity contribution in [3.05, 3.63) is 114 Å². The zero-order chi connectivity index (χ0) is 24.4. The summed E-state index contributed by atoms with van der Waals surface area (Å²) in [5.74, 6) is -0.145. The fourth-order valence-electron chi connectivity index (χ4n) is 4.46. The van der Waals surface area contributed by atoms with E-state index in [1.54, 1.807) is 25.4 Å². The number of ether oxygens (including phenoxy) is 1. The second-order valence-corrected chi connectivity index (χ2v) is 8.64. The van der Waals surface area contributed by atoms with Crippen LogP contribution in [0.4, 0.5) is 0 Å². The minimum absolute atomic E-state index is 0.145. The van der Waals surface area contributed by atoms with Crippen LogP contribution in [0.1, 0.15) is 39.4 Å². The van der Waals surface area contributed by atoms with Crippen LogP contribution in [0.15, 0.2) is 91.3 Å². The van der Waals surface area contributed by atoms with Gasteiger partial charge in [-0.15, -0.1) is 0 Å². The van der Waals surface area contributed by atoms with Crippen molar-refractivity contribution < 1.29 is 14.6 Å². The fraction of sp³-hybridized carbons (Fsp3) is 0.148. The molecule has 1 saturated heterocycles. The van der Waals surface area contributed by atoms with E-state index in [0.717, 1.165) is 28.4 Å². The summed E-state index contributed by atoms with van der Waals surface area (Å²) >= 11 is 5.81. The molecule has 8 heteroatoms. The van der Waals surface area contributed by atoms with Crippen LogP contribution in [0.2, 0.25) is 0 Å². The van der Waals surface area contributed by atoms with Crippen LogP contribution in [0.5, 0.6) is 5.75 Å². The number of hydrogen-bond donors (Lipinski definition) is 2. The van der Waals surface area contributed by atoms with Crippen LogP contribution in [-0.4, -0.2) is 37.7 Å². The number of methoxy groups -OCH3 is 1. The Bertz CT molecular complexity index is 1340. The molecule has 0 bridgehead atoms. The quantitative estimate of drug-likeness (QED) is 0.367. The van der Waals surface area contributed by atoms with Crippen LogP contribution >= 0.6 is 12.2 Å². The van der Waals surface area contributed by atoms with Gasteiger partial charge in [-0.05, 0) is 78.4 Å². The first-order valence-electron chi connectivity index (χ1n) is 11.2. The molecular formula is C27H24N4O3S. The normalized spacial score (nSPS) is 17.3. The Morgan fingerprint density at radius 2 is 1.83 bits per heavy atom. The lowest BCUT2D eigenvalue weighted by molar-refractivity contribution is 0.0697. The molecule has 2 aromatic heterocycles. The predicted octanol–water partition coefficient (Wildman–Crippen LogP) is 4.75. The number of carboxylic acids is 1. The smallest absolute Gasteiger partial charge is 0.335 e. The molecule has 5 rings (SSSR count). The molecule has 2 aromatic carbocycles. The number of pyridine rings is 1. The Balaban J connectivity index is 1.56. The van der Waals surface area contributed by atoms with Gasteiger partial charge in [-0.25, -0.2) is 4.79 Å². The molecule has 1 fully saturated rings. The molecule has 35 heavy (non-hydrogen) atoms. The molecule has 0 spiro atoms. The first kappa shape index (κ1) is 22.6. The summed E-state index contributed by atoms with van der Waals surface area (Å²) in [6.07, 6.45) is 3.76. The summed E-state index contributed by atoms with van der Waals surface area (Å²) in [5.41, 5.74) is 4.14. The topological polar surface area (TPSA) is 79.6 Å². The molecular weight excluding hydrogens is 460 g/mol. The molecule has 0 radical (unpaired) electrons. The second kappa shape index (κ2) is 9.60. The number of carbonyl (C=O) groups is 1. The highest BCUT2D eigenvalue weighted by molar-refractivity contribution is 7.80. The van der Waals surface area contributed by atoms with Crippen molar-refractivity contribution in [1.29, 1.82) is 0 Å². The van der Waals surface area contributed by atoms with Gasteiger partial charge in [-0.3, -0.25) is 4.98 Å². The van der Waals surface area contributed by atoms with Gasteiger partial charge in [-0.2, -0.15) is 0 Å². The fourth-order valence-corrected chi connectivity index (χ4v) is 4.76. The number of nitrogens with zero attached hydrogens (tertiary/aromatic N) is 3. The Hall–Kier alpha value is -4.17. The molecule has 0 unspecified atom stereocenters. The van der Waals surface area contributed by atoms with Gasteiger partial charge < -0.3 is 24.6 Å². The van der Waals surface area contributed by atoms with E-state index in [0.29, 0.717) is 11.7 Å². The van der Waals surface area contributed by atoms with Crippen molar-refractivity contribution in [2.45, 2.75) is 18.6 Å². The SMILES string of the molecule is COc1ccc(CN2C(=S)N[C@@H](c3ccccn3)[C@H]2c2cccn2-c2ccc(C(=O)O)cc2)cc1. The van der Waals surface area contributed by atoms with E-state index in [4.69, 9.17) is 17.0 Å². The summed E-state index contributed by atoms with van der Waals surface area (Å²) in [7, 11) is 1.65. The van der Waals surface area contributed by atoms with Gasteiger partial charge in [-0.1, -0.05) is 18.2 Å². The van der Waals surface area contributed by atoms with Crippen molar-refractivity contribution in [3.8, 4) is 11.4 Å². The third kappa shape index (κ3) is 4.48. The van der Waals surface area contributed by atoms with Crippen molar-refractivity contribution in [1.82, 2.24) is 19.8 Å². The highest BCUT2D eigenvalue weighted by atomic mass is 32.1. The van der Waals surface area contributed by atoms with Crippen molar-refractivity contribution in [2.24, 2.45) is 0 Å². The van der Waals surface area contributed by atoms with Crippen LogP contribution in [0.3, 0.4) is 0 Å². The number of aromatic nitrogens is 2. The van der Waals surface area contributed by atoms with E-state index in [1.165, 1.54) is 0 Å². The third-order valence-electron chi connectivity index (χ3n) is 6.19. The lowest BCUT2D eigenvalue weighted by atomic mass is 10.0. The Morgan fingerprint density at radius 3 is 2.49 bits per heavy atom. The standard InChI is InChI=1S/C27H24N4O3S/c1-34-21-13-7-18(8-14-21)17-31-25(24(29-27(31)35)22-5-2-3-15-28-22)23-6-4-16-30(23)20-11-9-19(10-12-20)26(32)33/h2-16,24-25H,17H2,1H3,(H,29,35)(H,32,33)/t24-,25+/m0/s1. The zero-order valence-corrected chi connectivity index (χ0v) is 19.9. The van der Waals surface area contributed by atoms with Crippen molar-refractivity contribution >= 4 is 23.3 Å². The molecule has 176 valence electrons. The zero-order valence-electron chi connectivity index (χ0n) is 19.0. The molecule has 3 heterocycles. The maximum atomic E-state index is 11.3. The van der Waals surface area contributed by atoms with Crippen LogP contribution < -0.4 is 10.1 Å². The summed E-state index contributed by atoms with van der Waals surface area (Å²) in [4.78, 5) is 18.1. The molecule has 1 aliphatic heterocycles. The summed E-state index contributed by atoms with van der Waals surface area (Å²) in [6, 6.07) is 24.5. The second-order valence-electron chi connectivity index (χ2n) is 8.26. The van der Waals surface area contributed by atoms with Gasteiger partial charge in [0.2, 0.25) is 0 Å². The number of thiocarbonyl (C=S) groups is 1. The summed E-state index contributed by atoms with van der Waals surface area (Å²) in [6.45, 7) is 0.604. The number of aromatic carboxylic acids is 1. The summed E-state index contributed by atoms with van der Waals surface area (Å²) in [5, 5.41) is 13.4. The minimum atomic E-state index is -0.949. The average Bonchev–Trinajstić information content (AvgIpc) is 3.49. The first-order valence-corrected chi connectivity index (χ1v) is 11.6. The number of rotatable bonds is 7. The Kier molecular flexibility index (Phi) is 6.20. The molecule has 1 aliphatic rings. The minimum Gasteiger partial charge on any atom is -0.497 e. The van der Waals surface area contributed by atoms with Crippen molar-refractivity contribution in [3.63, 3.8) is 0 Å².